The van der Waals surface area contributed by atoms with E-state index in [1.807, 2.05) is 31.2 Å². The van der Waals surface area contributed by atoms with Crippen LogP contribution in [-0.4, -0.2) is 24.9 Å². The summed E-state index contributed by atoms with van der Waals surface area (Å²) in [5.41, 5.74) is 3.65. The minimum Gasteiger partial charge on any atom is -0.367 e. The Hall–Kier alpha value is -2.89. The lowest BCUT2D eigenvalue weighted by atomic mass is 9.92. The lowest BCUT2D eigenvalue weighted by Crippen LogP contribution is -2.40. The molecule has 2 N–H and O–H groups in total. The Morgan fingerprint density at radius 1 is 1.12 bits per heavy atom. The van der Waals surface area contributed by atoms with Crippen LogP contribution in [0, 0.1) is 24.6 Å². The molecular weight excluding hydrogens is 429 g/mol. The molecule has 0 saturated heterocycles. The van der Waals surface area contributed by atoms with Crippen molar-refractivity contribution >= 4 is 29.4 Å². The number of aldehydes is 1. The van der Waals surface area contributed by atoms with E-state index in [2.05, 4.69) is 29.4 Å². The molecule has 182 valence electrons. The molecule has 2 aromatic rings. The van der Waals surface area contributed by atoms with Gasteiger partial charge in [-0.15, -0.1) is 0 Å². The number of urea groups is 1. The maximum Gasteiger partial charge on any atom is 0.323 e. The van der Waals surface area contributed by atoms with E-state index in [1.165, 1.54) is 19.3 Å². The molecule has 2 unspecified atom stereocenters. The fourth-order valence-electron chi connectivity index (χ4n) is 5.08. The number of amides is 2. The topological polar surface area (TPSA) is 61.4 Å². The van der Waals surface area contributed by atoms with Crippen LogP contribution in [0.1, 0.15) is 69.4 Å². The summed E-state index contributed by atoms with van der Waals surface area (Å²) in [6.07, 6.45) is 7.27. The predicted octanol–water partition coefficient (Wildman–Crippen LogP) is 6.88. The normalized spacial score (nSPS) is 20.1. The standard InChI is InChI=1S/C28H36FN3O2/c1-18(2)16-32(22-7-5-4-6-8-22)27-15-25(29)24(23-13-20(23)17-33)14-26(27)31-28(34)30-21-11-9-19(3)10-12-21/h9-12,14-15,17-18,20,22-23H,4-8,13,16H2,1-3H3,(H2,30,31,34). The van der Waals surface area contributed by atoms with Crippen molar-refractivity contribution in [1.29, 1.82) is 0 Å². The van der Waals surface area contributed by atoms with Crippen LogP contribution in [0.5, 0.6) is 0 Å². The first kappa shape index (κ1) is 24.2. The van der Waals surface area contributed by atoms with Gasteiger partial charge in [0.1, 0.15) is 12.1 Å². The number of aryl methyl sites for hydroxylation is 1. The van der Waals surface area contributed by atoms with Crippen molar-refractivity contribution in [3.63, 3.8) is 0 Å². The van der Waals surface area contributed by atoms with Crippen molar-refractivity contribution in [2.24, 2.45) is 11.8 Å². The van der Waals surface area contributed by atoms with E-state index in [4.69, 9.17) is 0 Å². The number of nitrogens with zero attached hydrogens (tertiary/aromatic N) is 1. The first-order valence-electron chi connectivity index (χ1n) is 12.6. The summed E-state index contributed by atoms with van der Waals surface area (Å²) in [5, 5.41) is 5.89. The maximum absolute atomic E-state index is 15.3. The molecule has 0 aliphatic heterocycles. The molecule has 0 bridgehead atoms. The second kappa shape index (κ2) is 10.6. The number of carbonyl (C=O) groups is 2. The molecular formula is C28H36FN3O2. The molecule has 5 nitrogen and oxygen atoms in total. The highest BCUT2D eigenvalue weighted by Crippen LogP contribution is 2.49. The zero-order valence-corrected chi connectivity index (χ0v) is 20.4. The minimum absolute atomic E-state index is 0.111. The quantitative estimate of drug-likeness (QED) is 0.418. The van der Waals surface area contributed by atoms with Gasteiger partial charge in [0.25, 0.3) is 0 Å². The van der Waals surface area contributed by atoms with E-state index in [9.17, 15) is 9.59 Å². The Bertz CT molecular complexity index is 1020. The lowest BCUT2D eigenvalue weighted by molar-refractivity contribution is -0.108. The van der Waals surface area contributed by atoms with E-state index >= 15 is 4.39 Å². The average molecular weight is 466 g/mol. The lowest BCUT2D eigenvalue weighted by Gasteiger charge is -2.38. The number of benzene rings is 2. The smallest absolute Gasteiger partial charge is 0.323 e. The Morgan fingerprint density at radius 2 is 1.82 bits per heavy atom. The molecule has 6 heteroatoms. The van der Waals surface area contributed by atoms with Gasteiger partial charge in [0.15, 0.2) is 0 Å². The fraction of sp³-hybridized carbons (Fsp3) is 0.500. The van der Waals surface area contributed by atoms with Crippen molar-refractivity contribution in [3.05, 3.63) is 53.3 Å². The van der Waals surface area contributed by atoms with Gasteiger partial charge in [-0.3, -0.25) is 0 Å². The minimum atomic E-state index is -0.362. The van der Waals surface area contributed by atoms with Crippen molar-refractivity contribution in [2.75, 3.05) is 22.1 Å². The largest absolute Gasteiger partial charge is 0.367 e. The highest BCUT2D eigenvalue weighted by molar-refractivity contribution is 6.02. The monoisotopic (exact) mass is 465 g/mol. The molecule has 0 spiro atoms. The average Bonchev–Trinajstić information content (AvgIpc) is 3.60. The maximum atomic E-state index is 15.3. The SMILES string of the molecule is Cc1ccc(NC(=O)Nc2cc(C3CC3C=O)c(F)cc2N(CC(C)C)C2CCCCC2)cc1. The summed E-state index contributed by atoms with van der Waals surface area (Å²) in [6, 6.07) is 10.9. The van der Waals surface area contributed by atoms with E-state index in [0.717, 1.165) is 36.9 Å². The van der Waals surface area contributed by atoms with Crippen LogP contribution in [0.4, 0.5) is 26.2 Å². The summed E-state index contributed by atoms with van der Waals surface area (Å²) in [5.74, 6) is -0.152. The summed E-state index contributed by atoms with van der Waals surface area (Å²) in [7, 11) is 0. The van der Waals surface area contributed by atoms with E-state index in [-0.39, 0.29) is 23.7 Å². The highest BCUT2D eigenvalue weighted by Gasteiger charge is 2.40. The molecule has 2 aliphatic rings. The van der Waals surface area contributed by atoms with E-state index in [1.54, 1.807) is 12.1 Å². The van der Waals surface area contributed by atoms with Crippen LogP contribution in [0.25, 0.3) is 0 Å². The van der Waals surface area contributed by atoms with Crippen LogP contribution in [0.3, 0.4) is 0 Å². The number of hydrogen-bond donors (Lipinski definition) is 2. The number of halogens is 1. The van der Waals surface area contributed by atoms with Gasteiger partial charge in [-0.1, -0.05) is 50.8 Å². The highest BCUT2D eigenvalue weighted by atomic mass is 19.1. The number of rotatable bonds is 8. The Balaban J connectivity index is 1.67. The summed E-state index contributed by atoms with van der Waals surface area (Å²) in [6.45, 7) is 7.11. The second-order valence-electron chi connectivity index (χ2n) is 10.3. The van der Waals surface area contributed by atoms with E-state index in [0.29, 0.717) is 35.3 Å². The molecule has 0 radical (unpaired) electrons. The Labute approximate surface area is 202 Å². The van der Waals surface area contributed by atoms with Gasteiger partial charge >= 0.3 is 6.03 Å². The Kier molecular flexibility index (Phi) is 7.54. The van der Waals surface area contributed by atoms with Crippen molar-refractivity contribution in [3.8, 4) is 0 Å². The molecule has 0 aromatic heterocycles. The third-order valence-electron chi connectivity index (χ3n) is 6.97. The zero-order valence-electron chi connectivity index (χ0n) is 20.4. The van der Waals surface area contributed by atoms with Crippen molar-refractivity contribution in [2.45, 2.75) is 71.3 Å². The van der Waals surface area contributed by atoms with Gasteiger partial charge in [-0.25, -0.2) is 9.18 Å². The first-order valence-corrected chi connectivity index (χ1v) is 12.6. The third kappa shape index (κ3) is 5.78. The van der Waals surface area contributed by atoms with Crippen LogP contribution in [0.15, 0.2) is 36.4 Å². The van der Waals surface area contributed by atoms with Gasteiger partial charge in [0.2, 0.25) is 0 Å². The molecule has 2 aliphatic carbocycles. The number of nitrogens with one attached hydrogen (secondary N) is 2. The number of carbonyl (C=O) groups excluding carboxylic acids is 2. The first-order chi connectivity index (χ1) is 16.4. The molecule has 4 rings (SSSR count). The van der Waals surface area contributed by atoms with Crippen LogP contribution in [0.2, 0.25) is 0 Å². The summed E-state index contributed by atoms with van der Waals surface area (Å²) >= 11 is 0. The van der Waals surface area contributed by atoms with Gasteiger partial charge in [0.05, 0.1) is 11.4 Å². The molecule has 2 aromatic carbocycles. The van der Waals surface area contributed by atoms with Crippen LogP contribution >= 0.6 is 0 Å². The molecule has 2 fully saturated rings. The summed E-state index contributed by atoms with van der Waals surface area (Å²) < 4.78 is 15.3. The zero-order chi connectivity index (χ0) is 24.2. The molecule has 2 atom stereocenters. The molecule has 2 saturated carbocycles. The van der Waals surface area contributed by atoms with Crippen LogP contribution in [-0.2, 0) is 4.79 Å². The van der Waals surface area contributed by atoms with Crippen molar-refractivity contribution in [1.82, 2.24) is 0 Å². The van der Waals surface area contributed by atoms with Gasteiger partial charge in [-0.2, -0.15) is 0 Å². The third-order valence-corrected chi connectivity index (χ3v) is 6.97. The second-order valence-corrected chi connectivity index (χ2v) is 10.3. The fourth-order valence-corrected chi connectivity index (χ4v) is 5.08. The molecule has 34 heavy (non-hydrogen) atoms. The number of hydrogen-bond acceptors (Lipinski definition) is 3. The Morgan fingerprint density at radius 3 is 2.44 bits per heavy atom. The van der Waals surface area contributed by atoms with Crippen LogP contribution < -0.4 is 15.5 Å². The molecule has 2 amide bonds. The van der Waals surface area contributed by atoms with E-state index < -0.39 is 0 Å². The number of anilines is 3. The van der Waals surface area contributed by atoms with Crippen molar-refractivity contribution < 1.29 is 14.0 Å². The predicted molar refractivity (Wildman–Crippen MR) is 136 cm³/mol. The summed E-state index contributed by atoms with van der Waals surface area (Å²) in [4.78, 5) is 26.5. The van der Waals surface area contributed by atoms with Gasteiger partial charge in [-0.05, 0) is 67.9 Å². The van der Waals surface area contributed by atoms with Gasteiger partial charge < -0.3 is 20.3 Å². The van der Waals surface area contributed by atoms with Gasteiger partial charge in [0, 0.05) is 24.2 Å². The molecule has 0 heterocycles.